The highest BCUT2D eigenvalue weighted by Crippen LogP contribution is 2.29. The summed E-state index contributed by atoms with van der Waals surface area (Å²) in [6, 6.07) is 3.96. The quantitative estimate of drug-likeness (QED) is 0.480. The Kier molecular flexibility index (Phi) is 10.7. The minimum absolute atomic E-state index is 0.419. The van der Waals surface area contributed by atoms with Crippen molar-refractivity contribution in [1.29, 1.82) is 0 Å². The minimum Gasteiger partial charge on any atom is -0.490 e. The average molecular weight is 386 g/mol. The summed E-state index contributed by atoms with van der Waals surface area (Å²) in [7, 11) is 0. The fraction of sp³-hybridized carbons (Fsp3) is 0.731. The van der Waals surface area contributed by atoms with E-state index in [9.17, 15) is 0 Å². The van der Waals surface area contributed by atoms with Crippen molar-refractivity contribution in [2.24, 2.45) is 17.8 Å². The third kappa shape index (κ3) is 8.80. The summed E-state index contributed by atoms with van der Waals surface area (Å²) in [5.74, 6) is 3.81. The SMILES string of the molecule is CCCCC1CC/C=C\CCC1C.Cc1cc(OC2CCC(C)CC2)ccn1. The van der Waals surface area contributed by atoms with Crippen LogP contribution in [0, 0.1) is 24.7 Å². The van der Waals surface area contributed by atoms with Gasteiger partial charge in [0.25, 0.3) is 0 Å². The Morgan fingerprint density at radius 2 is 1.71 bits per heavy atom. The van der Waals surface area contributed by atoms with Gasteiger partial charge < -0.3 is 4.74 Å². The van der Waals surface area contributed by atoms with Gasteiger partial charge in [0.2, 0.25) is 0 Å². The van der Waals surface area contributed by atoms with Crippen LogP contribution >= 0.6 is 0 Å². The van der Waals surface area contributed by atoms with Gasteiger partial charge in [-0.1, -0.05) is 52.2 Å². The highest BCUT2D eigenvalue weighted by molar-refractivity contribution is 5.22. The zero-order valence-corrected chi connectivity index (χ0v) is 18.8. The van der Waals surface area contributed by atoms with Crippen LogP contribution in [0.4, 0.5) is 0 Å². The zero-order chi connectivity index (χ0) is 20.2. The molecule has 0 bridgehead atoms. The van der Waals surface area contributed by atoms with Crippen LogP contribution in [0.2, 0.25) is 0 Å². The molecule has 0 radical (unpaired) electrons. The Hall–Kier alpha value is -1.31. The number of ether oxygens (including phenoxy) is 1. The molecule has 28 heavy (non-hydrogen) atoms. The molecule has 2 aliphatic carbocycles. The molecule has 2 nitrogen and oxygen atoms in total. The fourth-order valence-corrected chi connectivity index (χ4v) is 4.45. The van der Waals surface area contributed by atoms with Gasteiger partial charge in [0.1, 0.15) is 5.75 Å². The molecule has 0 N–H and O–H groups in total. The van der Waals surface area contributed by atoms with Gasteiger partial charge in [-0.05, 0) is 82.1 Å². The van der Waals surface area contributed by atoms with E-state index in [4.69, 9.17) is 4.74 Å². The molecule has 0 aliphatic heterocycles. The molecule has 2 atom stereocenters. The number of hydrogen-bond donors (Lipinski definition) is 0. The molecular formula is C26H43NO. The Morgan fingerprint density at radius 3 is 2.39 bits per heavy atom. The maximum Gasteiger partial charge on any atom is 0.123 e. The third-order valence-corrected chi connectivity index (χ3v) is 6.53. The van der Waals surface area contributed by atoms with Gasteiger partial charge in [-0.15, -0.1) is 0 Å². The van der Waals surface area contributed by atoms with E-state index in [-0.39, 0.29) is 0 Å². The monoisotopic (exact) mass is 385 g/mol. The van der Waals surface area contributed by atoms with E-state index < -0.39 is 0 Å². The summed E-state index contributed by atoms with van der Waals surface area (Å²) in [6.45, 7) is 9.07. The van der Waals surface area contributed by atoms with Crippen molar-refractivity contribution in [3.63, 3.8) is 0 Å². The van der Waals surface area contributed by atoms with E-state index in [2.05, 4.69) is 37.9 Å². The fourth-order valence-electron chi connectivity index (χ4n) is 4.45. The van der Waals surface area contributed by atoms with E-state index in [0.29, 0.717) is 6.10 Å². The first-order chi connectivity index (χ1) is 13.6. The van der Waals surface area contributed by atoms with Gasteiger partial charge in [-0.2, -0.15) is 0 Å². The van der Waals surface area contributed by atoms with E-state index in [0.717, 1.165) is 29.2 Å². The molecule has 0 spiro atoms. The summed E-state index contributed by atoms with van der Waals surface area (Å²) in [5, 5.41) is 0. The largest absolute Gasteiger partial charge is 0.490 e. The van der Waals surface area contributed by atoms with E-state index >= 15 is 0 Å². The Labute approximate surface area is 174 Å². The van der Waals surface area contributed by atoms with E-state index in [1.54, 1.807) is 0 Å². The smallest absolute Gasteiger partial charge is 0.123 e. The molecule has 1 aromatic rings. The van der Waals surface area contributed by atoms with Crippen molar-refractivity contribution in [3.05, 3.63) is 36.2 Å². The molecule has 0 amide bonds. The summed E-state index contributed by atoms with van der Waals surface area (Å²) in [4.78, 5) is 4.16. The second-order valence-corrected chi connectivity index (χ2v) is 9.14. The Balaban J connectivity index is 0.000000203. The predicted molar refractivity (Wildman–Crippen MR) is 121 cm³/mol. The standard InChI is InChI=1S/C13H19NO.C13H24/c1-10-3-5-12(6-4-10)15-13-7-8-14-11(2)9-13;1-3-4-10-13-11-8-6-5-7-9-12(13)2/h7-10,12H,3-6H2,1-2H3;5-6,12-13H,3-4,7-11H2,1-2H3/b;6-5-. The van der Waals surface area contributed by atoms with Crippen molar-refractivity contribution in [3.8, 4) is 5.75 Å². The lowest BCUT2D eigenvalue weighted by Gasteiger charge is -2.26. The highest BCUT2D eigenvalue weighted by Gasteiger charge is 2.19. The van der Waals surface area contributed by atoms with Crippen molar-refractivity contribution in [2.75, 3.05) is 0 Å². The van der Waals surface area contributed by atoms with Gasteiger partial charge in [-0.25, -0.2) is 0 Å². The predicted octanol–water partition coefficient (Wildman–Crippen LogP) is 7.91. The maximum atomic E-state index is 5.94. The minimum atomic E-state index is 0.419. The van der Waals surface area contributed by atoms with Crippen LogP contribution in [0.3, 0.4) is 0 Å². The average Bonchev–Trinajstić information content (AvgIpc) is 2.67. The van der Waals surface area contributed by atoms with Crippen molar-refractivity contribution in [2.45, 2.75) is 104 Å². The number of nitrogens with zero attached hydrogens (tertiary/aromatic N) is 1. The molecule has 1 aromatic heterocycles. The van der Waals surface area contributed by atoms with Gasteiger partial charge in [0.05, 0.1) is 6.10 Å². The summed E-state index contributed by atoms with van der Waals surface area (Å²) in [5.41, 5.74) is 1.02. The molecule has 2 aliphatic rings. The number of aryl methyl sites for hydroxylation is 1. The molecule has 0 saturated heterocycles. The normalized spacial score (nSPS) is 29.0. The van der Waals surface area contributed by atoms with Gasteiger partial charge in [0.15, 0.2) is 0 Å². The molecule has 1 fully saturated rings. The van der Waals surface area contributed by atoms with Crippen LogP contribution in [0.1, 0.15) is 97.1 Å². The number of unbranched alkanes of at least 4 members (excludes halogenated alkanes) is 1. The molecule has 2 unspecified atom stereocenters. The number of hydrogen-bond acceptors (Lipinski definition) is 2. The lowest BCUT2D eigenvalue weighted by atomic mass is 9.82. The molecule has 158 valence electrons. The summed E-state index contributed by atoms with van der Waals surface area (Å²) >= 11 is 0. The lowest BCUT2D eigenvalue weighted by Crippen LogP contribution is -2.23. The third-order valence-electron chi connectivity index (χ3n) is 6.53. The van der Waals surface area contributed by atoms with Crippen LogP contribution in [0.25, 0.3) is 0 Å². The molecule has 2 heteroatoms. The zero-order valence-electron chi connectivity index (χ0n) is 18.8. The van der Waals surface area contributed by atoms with Crippen LogP contribution < -0.4 is 4.74 Å². The van der Waals surface area contributed by atoms with Crippen LogP contribution in [0.5, 0.6) is 5.75 Å². The van der Waals surface area contributed by atoms with Gasteiger partial charge in [-0.3, -0.25) is 4.98 Å². The topological polar surface area (TPSA) is 22.1 Å². The van der Waals surface area contributed by atoms with Crippen LogP contribution in [0.15, 0.2) is 30.5 Å². The molecule has 3 rings (SSSR count). The first kappa shape index (κ1) is 23.0. The molecular weight excluding hydrogens is 342 g/mol. The second kappa shape index (κ2) is 13.0. The molecule has 1 heterocycles. The van der Waals surface area contributed by atoms with E-state index in [1.165, 1.54) is 70.6 Å². The highest BCUT2D eigenvalue weighted by atomic mass is 16.5. The maximum absolute atomic E-state index is 5.94. The number of aromatic nitrogens is 1. The first-order valence-electron chi connectivity index (χ1n) is 11.8. The van der Waals surface area contributed by atoms with Crippen molar-refractivity contribution >= 4 is 0 Å². The summed E-state index contributed by atoms with van der Waals surface area (Å²) in [6.07, 6.45) is 21.7. The number of pyridine rings is 1. The molecule has 1 saturated carbocycles. The number of rotatable bonds is 5. The van der Waals surface area contributed by atoms with Crippen LogP contribution in [-0.4, -0.2) is 11.1 Å². The summed E-state index contributed by atoms with van der Waals surface area (Å²) < 4.78 is 5.94. The Morgan fingerprint density at radius 1 is 1.00 bits per heavy atom. The second-order valence-electron chi connectivity index (χ2n) is 9.14. The number of allylic oxidation sites excluding steroid dienone is 2. The first-order valence-corrected chi connectivity index (χ1v) is 11.8. The van der Waals surface area contributed by atoms with Crippen molar-refractivity contribution in [1.82, 2.24) is 4.98 Å². The van der Waals surface area contributed by atoms with Gasteiger partial charge in [0, 0.05) is 18.0 Å². The van der Waals surface area contributed by atoms with Crippen molar-refractivity contribution < 1.29 is 4.74 Å². The molecule has 0 aromatic carbocycles. The van der Waals surface area contributed by atoms with E-state index in [1.807, 2.05) is 25.3 Å². The lowest BCUT2D eigenvalue weighted by molar-refractivity contribution is 0.135. The van der Waals surface area contributed by atoms with Crippen LogP contribution in [-0.2, 0) is 0 Å². The van der Waals surface area contributed by atoms with Gasteiger partial charge >= 0.3 is 0 Å². The Bertz CT molecular complexity index is 559.